The predicted molar refractivity (Wildman–Crippen MR) is 98.1 cm³/mol. The number of amides is 2. The van der Waals surface area contributed by atoms with Crippen molar-refractivity contribution < 1.29 is 14.7 Å². The summed E-state index contributed by atoms with van der Waals surface area (Å²) in [7, 11) is 0. The molecule has 2 aliphatic rings. The molecule has 1 saturated heterocycles. The highest BCUT2D eigenvalue weighted by molar-refractivity contribution is 5.86. The summed E-state index contributed by atoms with van der Waals surface area (Å²) >= 11 is 0. The molecule has 3 N–H and O–H groups in total. The standard InChI is InChI=1S/C19H35N3O3/c1-15(2)21-17(23)13-20-14-19(25)10-6-11-22(18(19)24)12-9-16-7-4-3-5-8-16/h15-16,20,25H,3-14H2,1-2H3,(H,21,23)/t19-/m1/s1. The van der Waals surface area contributed by atoms with E-state index in [9.17, 15) is 14.7 Å². The van der Waals surface area contributed by atoms with E-state index >= 15 is 0 Å². The largest absolute Gasteiger partial charge is 0.379 e. The van der Waals surface area contributed by atoms with Crippen molar-refractivity contribution in [2.75, 3.05) is 26.2 Å². The molecule has 25 heavy (non-hydrogen) atoms. The molecule has 2 rings (SSSR count). The van der Waals surface area contributed by atoms with Gasteiger partial charge in [-0.1, -0.05) is 32.1 Å². The highest BCUT2D eigenvalue weighted by Gasteiger charge is 2.41. The van der Waals surface area contributed by atoms with Crippen LogP contribution in [0.1, 0.15) is 65.2 Å². The molecule has 1 aliphatic carbocycles. The van der Waals surface area contributed by atoms with E-state index < -0.39 is 5.60 Å². The van der Waals surface area contributed by atoms with Gasteiger partial charge in [-0.05, 0) is 39.0 Å². The van der Waals surface area contributed by atoms with Gasteiger partial charge in [0.1, 0.15) is 0 Å². The van der Waals surface area contributed by atoms with Crippen LogP contribution in [0, 0.1) is 5.92 Å². The first-order valence-electron chi connectivity index (χ1n) is 9.92. The zero-order valence-corrected chi connectivity index (χ0v) is 15.9. The van der Waals surface area contributed by atoms with Gasteiger partial charge in [-0.15, -0.1) is 0 Å². The maximum Gasteiger partial charge on any atom is 0.255 e. The van der Waals surface area contributed by atoms with E-state index in [4.69, 9.17) is 0 Å². The highest BCUT2D eigenvalue weighted by atomic mass is 16.3. The Morgan fingerprint density at radius 3 is 2.68 bits per heavy atom. The van der Waals surface area contributed by atoms with Crippen LogP contribution in [0.25, 0.3) is 0 Å². The van der Waals surface area contributed by atoms with Crippen LogP contribution in [0.5, 0.6) is 0 Å². The number of hydrogen-bond donors (Lipinski definition) is 3. The van der Waals surface area contributed by atoms with Gasteiger partial charge in [0, 0.05) is 25.7 Å². The van der Waals surface area contributed by atoms with Crippen molar-refractivity contribution in [3.63, 3.8) is 0 Å². The molecule has 1 aliphatic heterocycles. The van der Waals surface area contributed by atoms with Gasteiger partial charge in [0.05, 0.1) is 6.54 Å². The number of hydrogen-bond acceptors (Lipinski definition) is 4. The molecular formula is C19H35N3O3. The molecule has 1 saturated carbocycles. The van der Waals surface area contributed by atoms with Crippen LogP contribution in [-0.4, -0.2) is 59.6 Å². The molecule has 0 aromatic carbocycles. The van der Waals surface area contributed by atoms with Gasteiger partial charge < -0.3 is 20.6 Å². The normalized spacial score (nSPS) is 25.4. The Morgan fingerprint density at radius 2 is 2.00 bits per heavy atom. The Bertz CT molecular complexity index is 449. The van der Waals surface area contributed by atoms with E-state index in [0.29, 0.717) is 6.42 Å². The third-order valence-corrected chi connectivity index (χ3v) is 5.39. The van der Waals surface area contributed by atoms with Gasteiger partial charge in [0.15, 0.2) is 5.60 Å². The first-order chi connectivity index (χ1) is 11.9. The molecule has 0 aromatic heterocycles. The lowest BCUT2D eigenvalue weighted by atomic mass is 9.86. The molecule has 144 valence electrons. The smallest absolute Gasteiger partial charge is 0.255 e. The average molecular weight is 354 g/mol. The second-order valence-corrected chi connectivity index (χ2v) is 8.05. The minimum Gasteiger partial charge on any atom is -0.379 e. The number of nitrogens with zero attached hydrogens (tertiary/aromatic N) is 1. The number of nitrogens with one attached hydrogen (secondary N) is 2. The lowest BCUT2D eigenvalue weighted by Crippen LogP contribution is -2.58. The molecule has 6 heteroatoms. The Balaban J connectivity index is 1.77. The molecule has 1 atom stereocenters. The number of carbonyl (C=O) groups is 2. The van der Waals surface area contributed by atoms with Crippen molar-refractivity contribution in [1.82, 2.24) is 15.5 Å². The molecule has 2 fully saturated rings. The van der Waals surface area contributed by atoms with Crippen molar-refractivity contribution in [1.29, 1.82) is 0 Å². The zero-order valence-electron chi connectivity index (χ0n) is 15.9. The number of likely N-dealkylation sites (tertiary alicyclic amines) is 1. The van der Waals surface area contributed by atoms with Gasteiger partial charge in [-0.25, -0.2) is 0 Å². The maximum absolute atomic E-state index is 12.7. The van der Waals surface area contributed by atoms with E-state index in [0.717, 1.165) is 31.8 Å². The quantitative estimate of drug-likeness (QED) is 0.616. The lowest BCUT2D eigenvalue weighted by Gasteiger charge is -2.39. The molecule has 0 radical (unpaired) electrons. The van der Waals surface area contributed by atoms with E-state index in [1.165, 1.54) is 32.1 Å². The molecule has 0 bridgehead atoms. The molecule has 0 aromatic rings. The fraction of sp³-hybridized carbons (Fsp3) is 0.895. The van der Waals surface area contributed by atoms with Crippen LogP contribution < -0.4 is 10.6 Å². The summed E-state index contributed by atoms with van der Waals surface area (Å²) in [6, 6.07) is 0.0870. The summed E-state index contributed by atoms with van der Waals surface area (Å²) in [5.41, 5.74) is -1.37. The second kappa shape index (κ2) is 9.53. The van der Waals surface area contributed by atoms with Crippen LogP contribution in [0.15, 0.2) is 0 Å². The topological polar surface area (TPSA) is 81.7 Å². The number of rotatable bonds is 8. The first-order valence-corrected chi connectivity index (χ1v) is 9.92. The number of aliphatic hydroxyl groups is 1. The summed E-state index contributed by atoms with van der Waals surface area (Å²) < 4.78 is 0. The second-order valence-electron chi connectivity index (χ2n) is 8.05. The van der Waals surface area contributed by atoms with E-state index in [2.05, 4.69) is 10.6 Å². The molecule has 6 nitrogen and oxygen atoms in total. The van der Waals surface area contributed by atoms with Gasteiger partial charge >= 0.3 is 0 Å². The average Bonchev–Trinajstić information content (AvgIpc) is 2.57. The third kappa shape index (κ3) is 6.26. The van der Waals surface area contributed by atoms with Crippen LogP contribution >= 0.6 is 0 Å². The SMILES string of the molecule is CC(C)NC(=O)CNC[C@]1(O)CCCN(CCC2CCCCC2)C1=O. The van der Waals surface area contributed by atoms with Gasteiger partial charge in [-0.2, -0.15) is 0 Å². The minimum absolute atomic E-state index is 0.0870. The Kier molecular flexibility index (Phi) is 7.69. The predicted octanol–water partition coefficient (Wildman–Crippen LogP) is 1.42. The van der Waals surface area contributed by atoms with Gasteiger partial charge in [0.25, 0.3) is 5.91 Å². The summed E-state index contributed by atoms with van der Waals surface area (Å²) in [6.07, 6.45) is 8.84. The maximum atomic E-state index is 12.7. The highest BCUT2D eigenvalue weighted by Crippen LogP contribution is 2.28. The minimum atomic E-state index is -1.37. The van der Waals surface area contributed by atoms with Crippen molar-refractivity contribution in [2.24, 2.45) is 5.92 Å². The fourth-order valence-electron chi connectivity index (χ4n) is 4.01. The number of carbonyl (C=O) groups excluding carboxylic acids is 2. The van der Waals surface area contributed by atoms with Crippen molar-refractivity contribution in [3.8, 4) is 0 Å². The zero-order chi connectivity index (χ0) is 18.3. The molecule has 0 unspecified atom stereocenters. The van der Waals surface area contributed by atoms with Crippen molar-refractivity contribution in [2.45, 2.75) is 76.9 Å². The van der Waals surface area contributed by atoms with Crippen LogP contribution in [0.4, 0.5) is 0 Å². The summed E-state index contributed by atoms with van der Waals surface area (Å²) in [5, 5.41) is 16.5. The fourth-order valence-corrected chi connectivity index (χ4v) is 4.01. The molecule has 0 spiro atoms. The number of piperidine rings is 1. The van der Waals surface area contributed by atoms with E-state index in [-0.39, 0.29) is 30.9 Å². The Morgan fingerprint density at radius 1 is 1.28 bits per heavy atom. The lowest BCUT2D eigenvalue weighted by molar-refractivity contribution is -0.157. The van der Waals surface area contributed by atoms with E-state index in [1.807, 2.05) is 18.7 Å². The van der Waals surface area contributed by atoms with Gasteiger partial charge in [0.2, 0.25) is 5.91 Å². The summed E-state index contributed by atoms with van der Waals surface area (Å²) in [4.78, 5) is 26.2. The van der Waals surface area contributed by atoms with Crippen LogP contribution in [0.2, 0.25) is 0 Å². The molecule has 1 heterocycles. The summed E-state index contributed by atoms with van der Waals surface area (Å²) in [6.45, 7) is 5.55. The van der Waals surface area contributed by atoms with Crippen molar-refractivity contribution >= 4 is 11.8 Å². The van der Waals surface area contributed by atoms with E-state index in [1.54, 1.807) is 0 Å². The van der Waals surface area contributed by atoms with Crippen LogP contribution in [0.3, 0.4) is 0 Å². The first kappa shape index (κ1) is 20.2. The molecule has 2 amide bonds. The monoisotopic (exact) mass is 353 g/mol. The summed E-state index contributed by atoms with van der Waals surface area (Å²) in [5.74, 6) is 0.441. The molecular weight excluding hydrogens is 318 g/mol. The van der Waals surface area contributed by atoms with Gasteiger partial charge in [-0.3, -0.25) is 9.59 Å². The van der Waals surface area contributed by atoms with Crippen molar-refractivity contribution in [3.05, 3.63) is 0 Å². The Labute approximate surface area is 151 Å². The Hall–Kier alpha value is -1.14. The van der Waals surface area contributed by atoms with Crippen LogP contribution in [-0.2, 0) is 9.59 Å². The third-order valence-electron chi connectivity index (χ3n) is 5.39.